The highest BCUT2D eigenvalue weighted by molar-refractivity contribution is 6.02. The predicted octanol–water partition coefficient (Wildman–Crippen LogP) is 2.27. The van der Waals surface area contributed by atoms with Crippen molar-refractivity contribution in [1.82, 2.24) is 0 Å². The van der Waals surface area contributed by atoms with Gasteiger partial charge in [0.05, 0.1) is 18.3 Å². The molecule has 19 heavy (non-hydrogen) atoms. The highest BCUT2D eigenvalue weighted by Crippen LogP contribution is 2.38. The van der Waals surface area contributed by atoms with E-state index < -0.39 is 5.54 Å². The van der Waals surface area contributed by atoms with E-state index in [1.54, 1.807) is 19.1 Å². The van der Waals surface area contributed by atoms with Crippen molar-refractivity contribution in [1.29, 1.82) is 0 Å². The van der Waals surface area contributed by atoms with E-state index in [4.69, 9.17) is 10.5 Å². The number of methoxy groups -OCH3 is 1. The van der Waals surface area contributed by atoms with Crippen molar-refractivity contribution in [3.63, 3.8) is 0 Å². The van der Waals surface area contributed by atoms with E-state index in [1.165, 1.54) is 5.56 Å². The minimum atomic E-state index is -0.659. The molecule has 1 aliphatic carbocycles. The second-order valence-electron chi connectivity index (χ2n) is 5.61. The third-order valence-corrected chi connectivity index (χ3v) is 3.75. The molecule has 0 heterocycles. The highest BCUT2D eigenvalue weighted by atomic mass is 16.5. The molecule has 104 valence electrons. The minimum absolute atomic E-state index is 0.0355. The first-order chi connectivity index (χ1) is 8.89. The summed E-state index contributed by atoms with van der Waals surface area (Å²) in [6, 6.07) is 5.94. The number of amides is 1. The molecule has 0 aromatic heterocycles. The SMILES string of the molecule is COc1ccc(C(C)C)cc1N(C)C(=O)C1(N)CC1. The lowest BCUT2D eigenvalue weighted by Gasteiger charge is -2.24. The Morgan fingerprint density at radius 1 is 1.42 bits per heavy atom. The van der Waals surface area contributed by atoms with Crippen molar-refractivity contribution in [3.8, 4) is 5.75 Å². The summed E-state index contributed by atoms with van der Waals surface area (Å²) in [4.78, 5) is 13.9. The molecule has 1 aromatic rings. The lowest BCUT2D eigenvalue weighted by atomic mass is 10.0. The first kappa shape index (κ1) is 13.9. The molecule has 0 aliphatic heterocycles. The average molecular weight is 262 g/mol. The largest absolute Gasteiger partial charge is 0.495 e. The van der Waals surface area contributed by atoms with Gasteiger partial charge < -0.3 is 15.4 Å². The van der Waals surface area contributed by atoms with Crippen LogP contribution in [0.3, 0.4) is 0 Å². The van der Waals surface area contributed by atoms with Crippen LogP contribution in [0.25, 0.3) is 0 Å². The Hall–Kier alpha value is -1.55. The molecule has 1 aromatic carbocycles. The molecular formula is C15H22N2O2. The molecule has 2 rings (SSSR count). The second kappa shape index (κ2) is 4.85. The van der Waals surface area contributed by atoms with Crippen molar-refractivity contribution < 1.29 is 9.53 Å². The van der Waals surface area contributed by atoms with Crippen molar-refractivity contribution in [2.24, 2.45) is 5.73 Å². The summed E-state index contributed by atoms with van der Waals surface area (Å²) in [5.41, 5.74) is 7.29. The zero-order chi connectivity index (χ0) is 14.2. The number of ether oxygens (including phenoxy) is 1. The van der Waals surface area contributed by atoms with Crippen LogP contribution in [0.1, 0.15) is 38.2 Å². The lowest BCUT2D eigenvalue weighted by Crippen LogP contribution is -2.44. The molecule has 0 radical (unpaired) electrons. The summed E-state index contributed by atoms with van der Waals surface area (Å²) < 4.78 is 5.35. The van der Waals surface area contributed by atoms with Crippen LogP contribution in [0.2, 0.25) is 0 Å². The summed E-state index contributed by atoms with van der Waals surface area (Å²) >= 11 is 0. The van der Waals surface area contributed by atoms with E-state index in [1.807, 2.05) is 18.2 Å². The van der Waals surface area contributed by atoms with E-state index >= 15 is 0 Å². The zero-order valence-electron chi connectivity index (χ0n) is 12.1. The Kier molecular flexibility index (Phi) is 3.54. The highest BCUT2D eigenvalue weighted by Gasteiger charge is 2.48. The first-order valence-electron chi connectivity index (χ1n) is 6.64. The first-order valence-corrected chi connectivity index (χ1v) is 6.64. The maximum absolute atomic E-state index is 12.3. The number of rotatable bonds is 4. The summed E-state index contributed by atoms with van der Waals surface area (Å²) in [7, 11) is 3.37. The Bertz CT molecular complexity index is 493. The van der Waals surface area contributed by atoms with E-state index in [0.717, 1.165) is 18.5 Å². The standard InChI is InChI=1S/C15H22N2O2/c1-10(2)11-5-6-13(19-4)12(9-11)17(3)14(18)15(16)7-8-15/h5-6,9-10H,7-8,16H2,1-4H3. The lowest BCUT2D eigenvalue weighted by molar-refractivity contribution is -0.120. The molecule has 4 heteroatoms. The molecule has 0 atom stereocenters. The van der Waals surface area contributed by atoms with Crippen LogP contribution in [0.4, 0.5) is 5.69 Å². The fraction of sp³-hybridized carbons (Fsp3) is 0.533. The number of hydrogen-bond acceptors (Lipinski definition) is 3. The second-order valence-corrected chi connectivity index (χ2v) is 5.61. The van der Waals surface area contributed by atoms with Crippen LogP contribution in [0.5, 0.6) is 5.75 Å². The fourth-order valence-corrected chi connectivity index (χ4v) is 2.12. The van der Waals surface area contributed by atoms with Crippen LogP contribution in [0, 0.1) is 0 Å². The Labute approximate surface area is 114 Å². The molecule has 0 bridgehead atoms. The third-order valence-electron chi connectivity index (χ3n) is 3.75. The monoisotopic (exact) mass is 262 g/mol. The molecule has 0 spiro atoms. The Morgan fingerprint density at radius 3 is 2.53 bits per heavy atom. The quantitative estimate of drug-likeness (QED) is 0.905. The van der Waals surface area contributed by atoms with Gasteiger partial charge in [0.25, 0.3) is 0 Å². The molecule has 4 nitrogen and oxygen atoms in total. The number of anilines is 1. The van der Waals surface area contributed by atoms with Crippen LogP contribution in [-0.4, -0.2) is 25.6 Å². The van der Waals surface area contributed by atoms with Gasteiger partial charge in [-0.3, -0.25) is 4.79 Å². The van der Waals surface area contributed by atoms with Crippen molar-refractivity contribution in [2.75, 3.05) is 19.1 Å². The van der Waals surface area contributed by atoms with Gasteiger partial charge in [0.1, 0.15) is 5.75 Å². The van der Waals surface area contributed by atoms with Gasteiger partial charge in [-0.1, -0.05) is 19.9 Å². The van der Waals surface area contributed by atoms with Crippen molar-refractivity contribution >= 4 is 11.6 Å². The summed E-state index contributed by atoms with van der Waals surface area (Å²) in [5.74, 6) is 1.07. The Balaban J connectivity index is 2.35. The summed E-state index contributed by atoms with van der Waals surface area (Å²) in [6.07, 6.45) is 1.53. The number of nitrogens with two attached hydrogens (primary N) is 1. The van der Waals surface area contributed by atoms with Crippen molar-refractivity contribution in [3.05, 3.63) is 23.8 Å². The van der Waals surface area contributed by atoms with Crippen molar-refractivity contribution in [2.45, 2.75) is 38.1 Å². The van der Waals surface area contributed by atoms with Gasteiger partial charge >= 0.3 is 0 Å². The predicted molar refractivity (Wildman–Crippen MR) is 76.6 cm³/mol. The van der Waals surface area contributed by atoms with E-state index in [2.05, 4.69) is 13.8 Å². The van der Waals surface area contributed by atoms with Gasteiger partial charge in [-0.15, -0.1) is 0 Å². The van der Waals surface area contributed by atoms with Crippen LogP contribution >= 0.6 is 0 Å². The molecular weight excluding hydrogens is 240 g/mol. The van der Waals surface area contributed by atoms with E-state index in [9.17, 15) is 4.79 Å². The van der Waals surface area contributed by atoms with E-state index in [-0.39, 0.29) is 5.91 Å². The maximum Gasteiger partial charge on any atom is 0.246 e. The third kappa shape index (κ3) is 2.59. The summed E-state index contributed by atoms with van der Waals surface area (Å²) in [5, 5.41) is 0. The zero-order valence-corrected chi connectivity index (χ0v) is 12.1. The molecule has 0 saturated heterocycles. The average Bonchev–Trinajstić information content (AvgIpc) is 3.15. The number of benzene rings is 1. The van der Waals surface area contributed by atoms with Gasteiger partial charge in [-0.25, -0.2) is 0 Å². The molecule has 2 N–H and O–H groups in total. The molecule has 1 aliphatic rings. The molecule has 0 unspecified atom stereocenters. The van der Waals surface area contributed by atoms with E-state index in [0.29, 0.717) is 11.7 Å². The maximum atomic E-state index is 12.3. The van der Waals surface area contributed by atoms with Gasteiger partial charge in [-0.05, 0) is 36.5 Å². The van der Waals surface area contributed by atoms with Crippen LogP contribution < -0.4 is 15.4 Å². The van der Waals surface area contributed by atoms with Gasteiger partial charge in [-0.2, -0.15) is 0 Å². The van der Waals surface area contributed by atoms with Gasteiger partial charge in [0.2, 0.25) is 5.91 Å². The molecule has 1 amide bonds. The smallest absolute Gasteiger partial charge is 0.246 e. The minimum Gasteiger partial charge on any atom is -0.495 e. The normalized spacial score (nSPS) is 16.3. The van der Waals surface area contributed by atoms with Crippen LogP contribution in [-0.2, 0) is 4.79 Å². The van der Waals surface area contributed by atoms with Crippen LogP contribution in [0.15, 0.2) is 18.2 Å². The number of hydrogen-bond donors (Lipinski definition) is 1. The summed E-state index contributed by atoms with van der Waals surface area (Å²) in [6.45, 7) is 4.25. The number of nitrogens with zero attached hydrogens (tertiary/aromatic N) is 1. The molecule has 1 fully saturated rings. The number of carbonyl (C=O) groups excluding carboxylic acids is 1. The number of carbonyl (C=O) groups is 1. The number of likely N-dealkylation sites (N-methyl/N-ethyl adjacent to an activating group) is 1. The van der Waals surface area contributed by atoms with Gasteiger partial charge in [0.15, 0.2) is 0 Å². The fourth-order valence-electron chi connectivity index (χ4n) is 2.12. The topological polar surface area (TPSA) is 55.6 Å². The van der Waals surface area contributed by atoms with Gasteiger partial charge in [0, 0.05) is 7.05 Å². The Morgan fingerprint density at radius 2 is 2.05 bits per heavy atom. The molecule has 1 saturated carbocycles.